The number of hydrogen-bond acceptors (Lipinski definition) is 5. The Morgan fingerprint density at radius 2 is 2.10 bits per heavy atom. The van der Waals surface area contributed by atoms with Crippen molar-refractivity contribution in [1.82, 2.24) is 0 Å². The molecule has 0 fully saturated rings. The number of phenols is 1. The minimum absolute atomic E-state index is 0.0577. The van der Waals surface area contributed by atoms with E-state index < -0.39 is 4.92 Å². The molecule has 0 saturated carbocycles. The van der Waals surface area contributed by atoms with Gasteiger partial charge in [0.25, 0.3) is 5.69 Å². The summed E-state index contributed by atoms with van der Waals surface area (Å²) in [6, 6.07) is 9.86. The van der Waals surface area contributed by atoms with Gasteiger partial charge in [0.15, 0.2) is 11.5 Å². The quantitative estimate of drug-likeness (QED) is 0.651. The van der Waals surface area contributed by atoms with Crippen LogP contribution < -0.4 is 10.1 Å². The molecule has 0 spiro atoms. The van der Waals surface area contributed by atoms with Gasteiger partial charge in [-0.15, -0.1) is 0 Å². The predicted molar refractivity (Wildman–Crippen MR) is 79.8 cm³/mol. The molecule has 0 amide bonds. The van der Waals surface area contributed by atoms with E-state index in [4.69, 9.17) is 4.74 Å². The molecule has 0 saturated heterocycles. The smallest absolute Gasteiger partial charge is 0.269 e. The highest BCUT2D eigenvalue weighted by molar-refractivity contribution is 5.56. The molecule has 2 aromatic rings. The Bertz CT molecular complexity index is 671. The Hall–Kier alpha value is -2.76. The van der Waals surface area contributed by atoms with Gasteiger partial charge in [0, 0.05) is 29.9 Å². The van der Waals surface area contributed by atoms with Crippen molar-refractivity contribution in [3.8, 4) is 11.5 Å². The van der Waals surface area contributed by atoms with Crippen molar-refractivity contribution in [1.29, 1.82) is 0 Å². The van der Waals surface area contributed by atoms with Crippen LogP contribution in [0.1, 0.15) is 11.1 Å². The van der Waals surface area contributed by atoms with Gasteiger partial charge in [-0.2, -0.15) is 0 Å². The number of non-ortho nitro benzene ring substituents is 1. The number of para-hydroxylation sites is 1. The average molecular weight is 288 g/mol. The van der Waals surface area contributed by atoms with Crippen LogP contribution in [0.15, 0.2) is 36.4 Å². The van der Waals surface area contributed by atoms with Crippen LogP contribution in [0.25, 0.3) is 0 Å². The first kappa shape index (κ1) is 14.6. The maximum absolute atomic E-state index is 10.7. The summed E-state index contributed by atoms with van der Waals surface area (Å²) in [5, 5.41) is 23.8. The molecule has 6 heteroatoms. The van der Waals surface area contributed by atoms with E-state index in [2.05, 4.69) is 5.32 Å². The molecule has 0 aliphatic heterocycles. The number of aryl methyl sites for hydroxylation is 1. The third-order valence-electron chi connectivity index (χ3n) is 3.19. The van der Waals surface area contributed by atoms with Crippen LogP contribution in [0.5, 0.6) is 11.5 Å². The van der Waals surface area contributed by atoms with Crippen LogP contribution in [-0.4, -0.2) is 17.1 Å². The zero-order chi connectivity index (χ0) is 15.4. The average Bonchev–Trinajstić information content (AvgIpc) is 2.47. The first-order valence-electron chi connectivity index (χ1n) is 6.36. The SMILES string of the molecule is COc1cccc(CNc2ccc([N+](=O)[O-])cc2C)c1O. The van der Waals surface area contributed by atoms with Gasteiger partial charge in [-0.3, -0.25) is 10.1 Å². The van der Waals surface area contributed by atoms with Gasteiger partial charge < -0.3 is 15.2 Å². The number of nitro groups is 1. The zero-order valence-electron chi connectivity index (χ0n) is 11.8. The van der Waals surface area contributed by atoms with Crippen molar-refractivity contribution in [2.45, 2.75) is 13.5 Å². The number of anilines is 1. The number of phenolic OH excluding ortho intramolecular Hbond substituents is 1. The van der Waals surface area contributed by atoms with Gasteiger partial charge in [-0.1, -0.05) is 12.1 Å². The van der Waals surface area contributed by atoms with Crippen molar-refractivity contribution in [3.63, 3.8) is 0 Å². The minimum Gasteiger partial charge on any atom is -0.504 e. The second-order valence-corrected chi connectivity index (χ2v) is 4.58. The molecule has 0 heterocycles. The van der Waals surface area contributed by atoms with Crippen LogP contribution in [0.4, 0.5) is 11.4 Å². The van der Waals surface area contributed by atoms with Crippen LogP contribution in [0, 0.1) is 17.0 Å². The van der Waals surface area contributed by atoms with Crippen molar-refractivity contribution in [2.24, 2.45) is 0 Å². The highest BCUT2D eigenvalue weighted by Crippen LogP contribution is 2.30. The number of aromatic hydroxyl groups is 1. The summed E-state index contributed by atoms with van der Waals surface area (Å²) in [4.78, 5) is 10.3. The Balaban J connectivity index is 2.15. The summed E-state index contributed by atoms with van der Waals surface area (Å²) in [6.45, 7) is 2.18. The van der Waals surface area contributed by atoms with E-state index in [0.29, 0.717) is 17.9 Å². The summed E-state index contributed by atoms with van der Waals surface area (Å²) in [5.74, 6) is 0.502. The maximum atomic E-state index is 10.7. The predicted octanol–water partition coefficient (Wildman–Crippen LogP) is 3.23. The van der Waals surface area contributed by atoms with E-state index in [1.165, 1.54) is 19.2 Å². The van der Waals surface area contributed by atoms with E-state index in [9.17, 15) is 15.2 Å². The summed E-state index contributed by atoms with van der Waals surface area (Å²) in [7, 11) is 1.49. The molecule has 0 aliphatic rings. The molecule has 0 aromatic heterocycles. The number of rotatable bonds is 5. The number of hydrogen-bond donors (Lipinski definition) is 2. The molecule has 6 nitrogen and oxygen atoms in total. The fraction of sp³-hybridized carbons (Fsp3) is 0.200. The lowest BCUT2D eigenvalue weighted by molar-refractivity contribution is -0.384. The van der Waals surface area contributed by atoms with Crippen LogP contribution in [-0.2, 0) is 6.54 Å². The Labute approximate surface area is 122 Å². The fourth-order valence-corrected chi connectivity index (χ4v) is 2.03. The maximum Gasteiger partial charge on any atom is 0.269 e. The molecule has 110 valence electrons. The van der Waals surface area contributed by atoms with E-state index >= 15 is 0 Å². The lowest BCUT2D eigenvalue weighted by Crippen LogP contribution is -2.02. The number of nitro benzene ring substituents is 1. The molecule has 2 N–H and O–H groups in total. The molecule has 21 heavy (non-hydrogen) atoms. The molecule has 2 rings (SSSR count). The molecule has 0 aliphatic carbocycles. The normalized spacial score (nSPS) is 10.2. The number of benzene rings is 2. The van der Waals surface area contributed by atoms with Gasteiger partial charge in [-0.05, 0) is 24.6 Å². The number of methoxy groups -OCH3 is 1. The number of nitrogens with one attached hydrogen (secondary N) is 1. The van der Waals surface area contributed by atoms with Gasteiger partial charge in [0.2, 0.25) is 0 Å². The first-order chi connectivity index (χ1) is 10.0. The van der Waals surface area contributed by atoms with Gasteiger partial charge >= 0.3 is 0 Å². The molecule has 2 aromatic carbocycles. The Kier molecular flexibility index (Phi) is 4.27. The monoisotopic (exact) mass is 288 g/mol. The first-order valence-corrected chi connectivity index (χ1v) is 6.36. The van der Waals surface area contributed by atoms with E-state index in [1.807, 2.05) is 0 Å². The number of ether oxygens (including phenoxy) is 1. The van der Waals surface area contributed by atoms with E-state index in [0.717, 1.165) is 11.3 Å². The van der Waals surface area contributed by atoms with Crippen molar-refractivity contribution >= 4 is 11.4 Å². The second kappa shape index (κ2) is 6.13. The van der Waals surface area contributed by atoms with Crippen LogP contribution >= 0.6 is 0 Å². The summed E-state index contributed by atoms with van der Waals surface area (Å²) < 4.78 is 5.05. The molecule has 0 atom stereocenters. The molecular weight excluding hydrogens is 272 g/mol. The summed E-state index contributed by atoms with van der Waals surface area (Å²) >= 11 is 0. The zero-order valence-corrected chi connectivity index (χ0v) is 11.8. The lowest BCUT2D eigenvalue weighted by atomic mass is 10.1. The van der Waals surface area contributed by atoms with Crippen LogP contribution in [0.2, 0.25) is 0 Å². The van der Waals surface area contributed by atoms with Crippen molar-refractivity contribution in [2.75, 3.05) is 12.4 Å². The highest BCUT2D eigenvalue weighted by Gasteiger charge is 2.10. The van der Waals surface area contributed by atoms with E-state index in [1.54, 1.807) is 31.2 Å². The van der Waals surface area contributed by atoms with Crippen LogP contribution in [0.3, 0.4) is 0 Å². The fourth-order valence-electron chi connectivity index (χ4n) is 2.03. The Morgan fingerprint density at radius 1 is 1.33 bits per heavy atom. The van der Waals surface area contributed by atoms with Crippen molar-refractivity contribution < 1.29 is 14.8 Å². The topological polar surface area (TPSA) is 84.6 Å². The van der Waals surface area contributed by atoms with E-state index in [-0.39, 0.29) is 11.4 Å². The van der Waals surface area contributed by atoms with Gasteiger partial charge in [0.05, 0.1) is 12.0 Å². The Morgan fingerprint density at radius 3 is 2.71 bits per heavy atom. The lowest BCUT2D eigenvalue weighted by Gasteiger charge is -2.12. The summed E-state index contributed by atoms with van der Waals surface area (Å²) in [6.07, 6.45) is 0. The highest BCUT2D eigenvalue weighted by atomic mass is 16.6. The van der Waals surface area contributed by atoms with Gasteiger partial charge in [0.1, 0.15) is 0 Å². The molecular formula is C15H16N2O4. The van der Waals surface area contributed by atoms with Gasteiger partial charge in [-0.25, -0.2) is 0 Å². The molecule has 0 bridgehead atoms. The largest absolute Gasteiger partial charge is 0.504 e. The number of nitrogens with zero attached hydrogens (tertiary/aromatic N) is 1. The molecule has 0 radical (unpaired) electrons. The third kappa shape index (κ3) is 3.22. The summed E-state index contributed by atoms with van der Waals surface area (Å²) in [5.41, 5.74) is 2.30. The second-order valence-electron chi connectivity index (χ2n) is 4.58. The molecule has 0 unspecified atom stereocenters. The minimum atomic E-state index is -0.426. The third-order valence-corrected chi connectivity index (χ3v) is 3.19. The van der Waals surface area contributed by atoms with Crippen molar-refractivity contribution in [3.05, 3.63) is 57.6 Å². The standard InChI is InChI=1S/C15H16N2O4/c1-10-8-12(17(19)20)6-7-13(10)16-9-11-4-3-5-14(21-2)15(11)18/h3-8,16,18H,9H2,1-2H3.